The van der Waals surface area contributed by atoms with Crippen molar-refractivity contribution in [3.05, 3.63) is 29.6 Å². The lowest BCUT2D eigenvalue weighted by Crippen LogP contribution is -2.55. The van der Waals surface area contributed by atoms with Gasteiger partial charge in [-0.25, -0.2) is 13.8 Å². The molecule has 0 amide bonds. The zero-order valence-electron chi connectivity index (χ0n) is 10.0. The van der Waals surface area contributed by atoms with Gasteiger partial charge in [0.25, 0.3) is 6.02 Å². The quantitative estimate of drug-likeness (QED) is 0.735. The van der Waals surface area contributed by atoms with Crippen molar-refractivity contribution in [1.82, 2.24) is 0 Å². The molecule has 0 aliphatic carbocycles. The summed E-state index contributed by atoms with van der Waals surface area (Å²) >= 11 is 0. The van der Waals surface area contributed by atoms with E-state index in [9.17, 15) is 8.78 Å². The van der Waals surface area contributed by atoms with Crippen molar-refractivity contribution in [2.45, 2.75) is 11.2 Å². The van der Waals surface area contributed by atoms with Gasteiger partial charge in [0.15, 0.2) is 11.2 Å². The van der Waals surface area contributed by atoms with Gasteiger partial charge in [-0.3, -0.25) is 0 Å². The van der Waals surface area contributed by atoms with Crippen LogP contribution in [0.25, 0.3) is 0 Å². The molecule has 2 aliphatic heterocycles. The maximum absolute atomic E-state index is 15.0. The van der Waals surface area contributed by atoms with Crippen LogP contribution in [0.3, 0.4) is 0 Å². The summed E-state index contributed by atoms with van der Waals surface area (Å²) in [7, 11) is 0. The zero-order valence-corrected chi connectivity index (χ0v) is 10.0. The van der Waals surface area contributed by atoms with Crippen LogP contribution in [0.4, 0.5) is 14.5 Å². The third-order valence-electron chi connectivity index (χ3n) is 3.57. The molecular weight excluding hydrogens is 256 g/mol. The molecular formula is C12H13F2N3O2. The van der Waals surface area contributed by atoms with Crippen molar-refractivity contribution in [2.75, 3.05) is 25.6 Å². The lowest BCUT2D eigenvalue weighted by molar-refractivity contribution is 0.00905. The van der Waals surface area contributed by atoms with Crippen molar-refractivity contribution < 1.29 is 18.3 Å². The topological polar surface area (TPSA) is 82.9 Å². The summed E-state index contributed by atoms with van der Waals surface area (Å²) in [5.74, 6) is -0.597. The molecule has 1 saturated heterocycles. The fourth-order valence-corrected chi connectivity index (χ4v) is 2.55. The lowest BCUT2D eigenvalue weighted by Gasteiger charge is -2.38. The Labute approximate surface area is 108 Å². The summed E-state index contributed by atoms with van der Waals surface area (Å²) in [6.45, 7) is -0.650. The molecule has 2 heterocycles. The van der Waals surface area contributed by atoms with E-state index < -0.39 is 17.0 Å². The first-order chi connectivity index (χ1) is 8.97. The predicted octanol–water partition coefficient (Wildman–Crippen LogP) is 0.687. The molecule has 19 heavy (non-hydrogen) atoms. The molecule has 1 aromatic carbocycles. The van der Waals surface area contributed by atoms with Crippen molar-refractivity contribution in [1.29, 1.82) is 0 Å². The van der Waals surface area contributed by atoms with Crippen molar-refractivity contribution >= 4 is 11.7 Å². The van der Waals surface area contributed by atoms with Crippen LogP contribution in [0.5, 0.6) is 0 Å². The van der Waals surface area contributed by atoms with Gasteiger partial charge in [0.1, 0.15) is 12.4 Å². The summed E-state index contributed by atoms with van der Waals surface area (Å²) in [6, 6.07) is 3.76. The molecule has 102 valence electrons. The van der Waals surface area contributed by atoms with E-state index in [1.807, 2.05) is 0 Å². The van der Waals surface area contributed by atoms with Crippen molar-refractivity contribution in [3.63, 3.8) is 0 Å². The smallest absolute Gasteiger partial charge is 0.283 e. The summed E-state index contributed by atoms with van der Waals surface area (Å²) in [5.41, 5.74) is 8.04. The van der Waals surface area contributed by atoms with Crippen LogP contribution >= 0.6 is 0 Å². The molecule has 0 radical (unpaired) electrons. The average Bonchev–Trinajstić information content (AvgIpc) is 2.70. The van der Waals surface area contributed by atoms with Gasteiger partial charge in [-0.05, 0) is 18.2 Å². The van der Waals surface area contributed by atoms with Gasteiger partial charge in [-0.1, -0.05) is 0 Å². The zero-order chi connectivity index (χ0) is 13.7. The third-order valence-corrected chi connectivity index (χ3v) is 3.57. The van der Waals surface area contributed by atoms with Crippen molar-refractivity contribution in [2.24, 2.45) is 10.7 Å². The normalized spacial score (nSPS) is 33.5. The molecule has 0 bridgehead atoms. The number of amidine groups is 1. The highest BCUT2D eigenvalue weighted by Gasteiger charge is 2.62. The SMILES string of the molecule is NC1=NC2(c3cc(N)ccc3F)COCC2(F)CO1. The third kappa shape index (κ3) is 1.58. The minimum absolute atomic E-state index is 0.0405. The van der Waals surface area contributed by atoms with E-state index in [4.69, 9.17) is 20.9 Å². The molecule has 0 aromatic heterocycles. The Kier molecular flexibility index (Phi) is 2.43. The number of nitrogen functional groups attached to an aromatic ring is 1. The number of nitrogens with zero attached hydrogens (tertiary/aromatic N) is 1. The maximum atomic E-state index is 15.0. The van der Waals surface area contributed by atoms with Gasteiger partial charge in [-0.15, -0.1) is 0 Å². The number of halogens is 2. The van der Waals surface area contributed by atoms with E-state index >= 15 is 0 Å². The Morgan fingerprint density at radius 3 is 2.79 bits per heavy atom. The van der Waals surface area contributed by atoms with E-state index in [1.54, 1.807) is 0 Å². The first-order valence-electron chi connectivity index (χ1n) is 5.77. The molecule has 0 saturated carbocycles. The van der Waals surface area contributed by atoms with E-state index in [1.165, 1.54) is 18.2 Å². The molecule has 7 heteroatoms. The first-order valence-corrected chi connectivity index (χ1v) is 5.77. The maximum Gasteiger partial charge on any atom is 0.283 e. The van der Waals surface area contributed by atoms with Crippen LogP contribution in [-0.2, 0) is 15.0 Å². The second-order valence-corrected chi connectivity index (χ2v) is 4.80. The first kappa shape index (κ1) is 12.2. The van der Waals surface area contributed by atoms with E-state index in [2.05, 4.69) is 4.99 Å². The standard InChI is InChI=1S/C12H13F2N3O2/c13-9-2-1-7(15)3-8(9)12-6-18-4-11(12,14)5-19-10(16)17-12/h1-3H,4-6,15H2,(H2,16,17). The lowest BCUT2D eigenvalue weighted by atomic mass is 9.78. The van der Waals surface area contributed by atoms with Gasteiger partial charge in [-0.2, -0.15) is 0 Å². The fourth-order valence-electron chi connectivity index (χ4n) is 2.55. The van der Waals surface area contributed by atoms with E-state index in [-0.39, 0.29) is 31.4 Å². The van der Waals surface area contributed by atoms with Crippen LogP contribution in [-0.4, -0.2) is 31.5 Å². The Bertz CT molecular complexity index is 566. The number of ether oxygens (including phenoxy) is 2. The second kappa shape index (κ2) is 3.80. The second-order valence-electron chi connectivity index (χ2n) is 4.80. The Hall–Kier alpha value is -1.89. The Balaban J connectivity index is 2.24. The molecule has 2 atom stereocenters. The number of alkyl halides is 1. The predicted molar refractivity (Wildman–Crippen MR) is 64.7 cm³/mol. The molecule has 1 aromatic rings. The van der Waals surface area contributed by atoms with Gasteiger partial charge in [0.05, 0.1) is 13.2 Å². The van der Waals surface area contributed by atoms with Crippen LogP contribution in [0.2, 0.25) is 0 Å². The summed E-state index contributed by atoms with van der Waals surface area (Å²) in [5, 5.41) is 0. The molecule has 2 aliphatic rings. The fraction of sp³-hybridized carbons (Fsp3) is 0.417. The van der Waals surface area contributed by atoms with Crippen LogP contribution < -0.4 is 11.5 Å². The van der Waals surface area contributed by atoms with E-state index in [0.717, 1.165) is 0 Å². The minimum atomic E-state index is -1.95. The Morgan fingerprint density at radius 1 is 1.21 bits per heavy atom. The summed E-state index contributed by atoms with van der Waals surface area (Å²) in [4.78, 5) is 4.00. The van der Waals surface area contributed by atoms with Gasteiger partial charge < -0.3 is 20.9 Å². The highest BCUT2D eigenvalue weighted by atomic mass is 19.1. The number of fused-ring (bicyclic) bond motifs is 1. The number of nitrogens with two attached hydrogens (primary N) is 2. The van der Waals surface area contributed by atoms with Gasteiger partial charge >= 0.3 is 0 Å². The molecule has 4 N–H and O–H groups in total. The number of benzene rings is 1. The minimum Gasteiger partial charge on any atom is -0.462 e. The van der Waals surface area contributed by atoms with Gasteiger partial charge in [0, 0.05) is 11.3 Å². The molecule has 2 unspecified atom stereocenters. The largest absolute Gasteiger partial charge is 0.462 e. The number of hydrogen-bond donors (Lipinski definition) is 2. The van der Waals surface area contributed by atoms with Crippen molar-refractivity contribution in [3.8, 4) is 0 Å². The average molecular weight is 269 g/mol. The highest BCUT2D eigenvalue weighted by Crippen LogP contribution is 2.48. The summed E-state index contributed by atoms with van der Waals surface area (Å²) < 4.78 is 39.1. The number of hydrogen-bond acceptors (Lipinski definition) is 5. The molecule has 1 fully saturated rings. The summed E-state index contributed by atoms with van der Waals surface area (Å²) in [6.07, 6.45) is 0. The van der Waals surface area contributed by atoms with Crippen LogP contribution in [0, 0.1) is 5.82 Å². The molecule has 0 spiro atoms. The highest BCUT2D eigenvalue weighted by molar-refractivity contribution is 5.74. The van der Waals surface area contributed by atoms with Crippen LogP contribution in [0.1, 0.15) is 5.56 Å². The number of aliphatic imine (C=N–C) groups is 1. The number of rotatable bonds is 1. The number of anilines is 1. The van der Waals surface area contributed by atoms with E-state index in [0.29, 0.717) is 5.69 Å². The van der Waals surface area contributed by atoms with Gasteiger partial charge in [0.2, 0.25) is 0 Å². The Morgan fingerprint density at radius 2 is 2.00 bits per heavy atom. The molecule has 5 nitrogen and oxygen atoms in total. The molecule has 3 rings (SSSR count). The van der Waals surface area contributed by atoms with Crippen LogP contribution in [0.15, 0.2) is 23.2 Å². The monoisotopic (exact) mass is 269 g/mol.